The Morgan fingerprint density at radius 2 is 0.971 bits per heavy atom. The highest BCUT2D eigenvalue weighted by Gasteiger charge is 2.11. The Kier molecular flexibility index (Phi) is 18.1. The Morgan fingerprint density at radius 1 is 0.618 bits per heavy atom. The Hall–Kier alpha value is -1.91. The number of phenols is 3. The molecule has 0 amide bonds. The van der Waals surface area contributed by atoms with Crippen LogP contribution in [0.3, 0.4) is 0 Å². The van der Waals surface area contributed by atoms with E-state index in [1.165, 1.54) is 121 Å². The van der Waals surface area contributed by atoms with Gasteiger partial charge in [-0.15, -0.1) is 0 Å². The van der Waals surface area contributed by atoms with Crippen LogP contribution >= 0.6 is 0 Å². The maximum Gasteiger partial charge on any atom is 0.310 e. The summed E-state index contributed by atoms with van der Waals surface area (Å²) in [5, 5.41) is 28.3. The van der Waals surface area contributed by atoms with Crippen LogP contribution in [0.4, 0.5) is 0 Å². The van der Waals surface area contributed by atoms with E-state index in [1.54, 1.807) is 0 Å². The zero-order valence-corrected chi connectivity index (χ0v) is 21.7. The molecule has 1 rings (SSSR count). The minimum absolute atomic E-state index is 0.0411. The van der Waals surface area contributed by atoms with E-state index >= 15 is 0 Å². The van der Waals surface area contributed by atoms with Gasteiger partial charge >= 0.3 is 5.97 Å². The van der Waals surface area contributed by atoms with Gasteiger partial charge in [-0.1, -0.05) is 122 Å². The number of hydrogen-bond acceptors (Lipinski definition) is 5. The van der Waals surface area contributed by atoms with Gasteiger partial charge in [0.2, 0.25) is 0 Å². The molecule has 34 heavy (non-hydrogen) atoms. The number of benzene rings is 1. The number of unbranched alkanes of at least 4 members (excludes halogenated alkanes) is 18. The molecule has 0 bridgehead atoms. The van der Waals surface area contributed by atoms with Gasteiger partial charge in [0.1, 0.15) is 0 Å². The van der Waals surface area contributed by atoms with Crippen LogP contribution in [0.2, 0.25) is 0 Å². The Balaban J connectivity index is 1.81. The molecule has 0 aliphatic carbocycles. The van der Waals surface area contributed by atoms with Crippen molar-refractivity contribution in [2.45, 2.75) is 135 Å². The summed E-state index contributed by atoms with van der Waals surface area (Å²) in [4.78, 5) is 11.9. The second-order valence-electron chi connectivity index (χ2n) is 9.74. The molecule has 5 heteroatoms. The van der Waals surface area contributed by atoms with Gasteiger partial charge in [-0.05, 0) is 24.1 Å². The molecule has 0 atom stereocenters. The highest BCUT2D eigenvalue weighted by atomic mass is 16.5. The van der Waals surface area contributed by atoms with Crippen molar-refractivity contribution in [3.8, 4) is 17.2 Å². The van der Waals surface area contributed by atoms with Crippen molar-refractivity contribution >= 4 is 5.97 Å². The van der Waals surface area contributed by atoms with Crippen molar-refractivity contribution in [3.05, 3.63) is 17.7 Å². The molecular formula is C29H50O5. The first-order valence-corrected chi connectivity index (χ1v) is 13.9. The highest BCUT2D eigenvalue weighted by molar-refractivity contribution is 5.73. The van der Waals surface area contributed by atoms with Gasteiger partial charge < -0.3 is 20.1 Å². The van der Waals surface area contributed by atoms with E-state index in [4.69, 9.17) is 4.74 Å². The molecule has 1 aromatic carbocycles. The normalized spacial score (nSPS) is 11.1. The zero-order chi connectivity index (χ0) is 24.9. The molecule has 3 N–H and O–H groups in total. The second-order valence-corrected chi connectivity index (χ2v) is 9.74. The van der Waals surface area contributed by atoms with Crippen molar-refractivity contribution in [2.24, 2.45) is 0 Å². The summed E-state index contributed by atoms with van der Waals surface area (Å²) in [5.74, 6) is -1.86. The van der Waals surface area contributed by atoms with Crippen molar-refractivity contribution in [1.82, 2.24) is 0 Å². The van der Waals surface area contributed by atoms with Crippen LogP contribution in [-0.4, -0.2) is 27.9 Å². The molecule has 1 aromatic rings. The van der Waals surface area contributed by atoms with Crippen LogP contribution in [-0.2, 0) is 16.0 Å². The lowest BCUT2D eigenvalue weighted by Gasteiger charge is -2.07. The monoisotopic (exact) mass is 478 g/mol. The molecule has 0 spiro atoms. The summed E-state index contributed by atoms with van der Waals surface area (Å²) < 4.78 is 5.22. The van der Waals surface area contributed by atoms with E-state index in [9.17, 15) is 20.1 Å². The molecule has 0 heterocycles. The Labute approximate surface area is 207 Å². The number of ether oxygens (including phenoxy) is 1. The minimum atomic E-state index is -0.578. The molecule has 196 valence electrons. The summed E-state index contributed by atoms with van der Waals surface area (Å²) >= 11 is 0. The number of hydrogen-bond donors (Lipinski definition) is 3. The molecule has 0 radical (unpaired) electrons. The number of phenolic OH excluding ortho intramolecular Hbond substituents is 3. The fourth-order valence-electron chi connectivity index (χ4n) is 4.35. The summed E-state index contributed by atoms with van der Waals surface area (Å²) in [6.45, 7) is 2.67. The van der Waals surface area contributed by atoms with E-state index in [0.29, 0.717) is 12.2 Å². The molecule has 0 aromatic heterocycles. The third-order valence-electron chi connectivity index (χ3n) is 6.49. The van der Waals surface area contributed by atoms with Gasteiger partial charge in [0, 0.05) is 0 Å². The Morgan fingerprint density at radius 3 is 1.35 bits per heavy atom. The van der Waals surface area contributed by atoms with E-state index < -0.39 is 23.2 Å². The van der Waals surface area contributed by atoms with Crippen LogP contribution in [0.15, 0.2) is 12.1 Å². The first kappa shape index (κ1) is 30.1. The van der Waals surface area contributed by atoms with Gasteiger partial charge in [-0.3, -0.25) is 4.79 Å². The molecule has 0 fully saturated rings. The lowest BCUT2D eigenvalue weighted by Crippen LogP contribution is -2.09. The highest BCUT2D eigenvalue weighted by Crippen LogP contribution is 2.35. The van der Waals surface area contributed by atoms with Crippen LogP contribution in [0, 0.1) is 0 Å². The number of carbonyl (C=O) groups excluding carboxylic acids is 1. The van der Waals surface area contributed by atoms with Crippen molar-refractivity contribution in [3.63, 3.8) is 0 Å². The van der Waals surface area contributed by atoms with Crippen LogP contribution in [0.25, 0.3) is 0 Å². The van der Waals surface area contributed by atoms with Gasteiger partial charge in [0.15, 0.2) is 17.2 Å². The van der Waals surface area contributed by atoms with Crippen LogP contribution < -0.4 is 0 Å². The van der Waals surface area contributed by atoms with E-state index in [2.05, 4.69) is 6.92 Å². The van der Waals surface area contributed by atoms with Crippen molar-refractivity contribution in [2.75, 3.05) is 6.61 Å². The number of aromatic hydroxyl groups is 3. The third-order valence-corrected chi connectivity index (χ3v) is 6.49. The van der Waals surface area contributed by atoms with Crippen LogP contribution in [0.1, 0.15) is 134 Å². The predicted octanol–water partition coefficient (Wildman–Crippen LogP) is 8.32. The number of rotatable bonds is 22. The van der Waals surface area contributed by atoms with E-state index in [-0.39, 0.29) is 6.42 Å². The van der Waals surface area contributed by atoms with Crippen LogP contribution in [0.5, 0.6) is 17.2 Å². The maximum absolute atomic E-state index is 11.9. The number of carbonyl (C=O) groups is 1. The van der Waals surface area contributed by atoms with E-state index in [1.807, 2.05) is 0 Å². The molecular weight excluding hydrogens is 428 g/mol. The molecule has 0 saturated carbocycles. The summed E-state index contributed by atoms with van der Waals surface area (Å²) in [6, 6.07) is 2.52. The lowest BCUT2D eigenvalue weighted by molar-refractivity contribution is -0.142. The molecule has 0 aliphatic heterocycles. The Bertz CT molecular complexity index is 620. The summed E-state index contributed by atoms with van der Waals surface area (Å²) in [5.41, 5.74) is 0.408. The van der Waals surface area contributed by atoms with Gasteiger partial charge in [-0.25, -0.2) is 0 Å². The first-order valence-electron chi connectivity index (χ1n) is 13.9. The molecule has 0 saturated heterocycles. The topological polar surface area (TPSA) is 87.0 Å². The standard InChI is InChI=1S/C29H50O5/c1-2-3-4-5-6-7-8-9-10-11-12-13-14-15-16-17-18-19-20-21-34-28(32)24-25-22-26(30)29(33)27(31)23-25/h22-23,30-31,33H,2-21,24H2,1H3. The van der Waals surface area contributed by atoms with Crippen molar-refractivity contribution in [1.29, 1.82) is 0 Å². The average Bonchev–Trinajstić information content (AvgIpc) is 2.81. The molecule has 0 unspecified atom stereocenters. The fourth-order valence-corrected chi connectivity index (χ4v) is 4.35. The predicted molar refractivity (Wildman–Crippen MR) is 139 cm³/mol. The smallest absolute Gasteiger partial charge is 0.310 e. The second kappa shape index (κ2) is 20.5. The minimum Gasteiger partial charge on any atom is -0.504 e. The van der Waals surface area contributed by atoms with E-state index in [0.717, 1.165) is 12.8 Å². The van der Waals surface area contributed by atoms with Gasteiger partial charge in [-0.2, -0.15) is 0 Å². The lowest BCUT2D eigenvalue weighted by atomic mass is 10.0. The summed E-state index contributed by atoms with van der Waals surface area (Å²) in [7, 11) is 0. The fraction of sp³-hybridized carbons (Fsp3) is 0.759. The first-order chi connectivity index (χ1) is 16.5. The van der Waals surface area contributed by atoms with Gasteiger partial charge in [0.25, 0.3) is 0 Å². The average molecular weight is 479 g/mol. The molecule has 5 nitrogen and oxygen atoms in total. The molecule has 0 aliphatic rings. The third kappa shape index (κ3) is 15.8. The zero-order valence-electron chi connectivity index (χ0n) is 21.7. The number of esters is 1. The SMILES string of the molecule is CCCCCCCCCCCCCCCCCCCCCOC(=O)Cc1cc(O)c(O)c(O)c1. The largest absolute Gasteiger partial charge is 0.504 e. The summed E-state index contributed by atoms with van der Waals surface area (Å²) in [6.07, 6.45) is 25.2. The van der Waals surface area contributed by atoms with Gasteiger partial charge in [0.05, 0.1) is 13.0 Å². The maximum atomic E-state index is 11.9. The quantitative estimate of drug-likeness (QED) is 0.0886. The van der Waals surface area contributed by atoms with Crippen molar-refractivity contribution < 1.29 is 24.9 Å².